The second kappa shape index (κ2) is 11.9. The van der Waals surface area contributed by atoms with E-state index in [9.17, 15) is 19.8 Å². The number of nitrogens with zero attached hydrogens (tertiary/aromatic N) is 2. The van der Waals surface area contributed by atoms with Crippen molar-refractivity contribution >= 4 is 17.5 Å². The van der Waals surface area contributed by atoms with Gasteiger partial charge in [-0.15, -0.1) is 5.92 Å². The van der Waals surface area contributed by atoms with Crippen LogP contribution in [0.15, 0.2) is 54.6 Å². The van der Waals surface area contributed by atoms with Gasteiger partial charge < -0.3 is 30.1 Å². The Hall–Kier alpha value is -3.54. The molecule has 2 aromatic carbocycles. The van der Waals surface area contributed by atoms with E-state index in [1.807, 2.05) is 30.3 Å². The zero-order chi connectivity index (χ0) is 23.6. The van der Waals surface area contributed by atoms with Crippen molar-refractivity contribution in [3.8, 4) is 17.6 Å². The Morgan fingerprint density at radius 2 is 1.76 bits per heavy atom. The van der Waals surface area contributed by atoms with Gasteiger partial charge in [0.05, 0.1) is 0 Å². The molecular formula is C25H29N3O5. The first kappa shape index (κ1) is 24.1. The number of benzene rings is 2. The van der Waals surface area contributed by atoms with E-state index >= 15 is 0 Å². The van der Waals surface area contributed by atoms with E-state index in [4.69, 9.17) is 4.74 Å². The second-order valence-corrected chi connectivity index (χ2v) is 7.62. The minimum Gasteiger partial charge on any atom is -0.481 e. The number of nitrogens with one attached hydrogen (secondary N) is 1. The van der Waals surface area contributed by atoms with Crippen LogP contribution in [0.25, 0.3) is 0 Å². The average Bonchev–Trinajstić information content (AvgIpc) is 2.87. The van der Waals surface area contributed by atoms with Gasteiger partial charge in [0.1, 0.15) is 12.4 Å². The largest absolute Gasteiger partial charge is 0.481 e. The molecule has 0 saturated carbocycles. The lowest BCUT2D eigenvalue weighted by atomic mass is 10.1. The summed E-state index contributed by atoms with van der Waals surface area (Å²) >= 11 is 0. The Morgan fingerprint density at radius 3 is 2.45 bits per heavy atom. The zero-order valence-corrected chi connectivity index (χ0v) is 18.6. The first-order valence-electron chi connectivity index (χ1n) is 10.8. The highest BCUT2D eigenvalue weighted by Gasteiger charge is 2.34. The van der Waals surface area contributed by atoms with Crippen molar-refractivity contribution in [2.45, 2.75) is 25.7 Å². The highest BCUT2D eigenvalue weighted by atomic mass is 16.5. The van der Waals surface area contributed by atoms with Crippen molar-refractivity contribution in [1.82, 2.24) is 10.2 Å². The van der Waals surface area contributed by atoms with Gasteiger partial charge in [0, 0.05) is 38.4 Å². The average molecular weight is 452 g/mol. The van der Waals surface area contributed by atoms with E-state index in [2.05, 4.69) is 22.1 Å². The van der Waals surface area contributed by atoms with Crippen LogP contribution in [0.1, 0.15) is 12.5 Å². The molecule has 0 radical (unpaired) electrons. The fourth-order valence-corrected chi connectivity index (χ4v) is 3.52. The van der Waals surface area contributed by atoms with Gasteiger partial charge in [-0.25, -0.2) is 0 Å². The Kier molecular flexibility index (Phi) is 8.70. The molecule has 2 aromatic rings. The number of hydrogen-bond acceptors (Lipinski definition) is 6. The van der Waals surface area contributed by atoms with Crippen molar-refractivity contribution in [3.63, 3.8) is 0 Å². The van der Waals surface area contributed by atoms with E-state index < -0.39 is 24.0 Å². The molecule has 0 bridgehead atoms. The molecule has 3 N–H and O–H groups in total. The van der Waals surface area contributed by atoms with E-state index in [0.717, 1.165) is 11.3 Å². The number of hydrogen-bond donors (Lipinski definition) is 3. The molecule has 0 aromatic heterocycles. The van der Waals surface area contributed by atoms with E-state index in [1.165, 1.54) is 4.90 Å². The summed E-state index contributed by atoms with van der Waals surface area (Å²) < 4.78 is 5.48. The van der Waals surface area contributed by atoms with Crippen LogP contribution in [0.3, 0.4) is 0 Å². The highest BCUT2D eigenvalue weighted by molar-refractivity contribution is 5.90. The van der Waals surface area contributed by atoms with Crippen LogP contribution in [0.2, 0.25) is 0 Å². The molecule has 0 unspecified atom stereocenters. The van der Waals surface area contributed by atoms with Crippen LogP contribution in [0, 0.1) is 11.8 Å². The van der Waals surface area contributed by atoms with Crippen LogP contribution in [-0.2, 0) is 16.1 Å². The number of aliphatic hydroxyl groups is 2. The summed E-state index contributed by atoms with van der Waals surface area (Å²) in [5.41, 5.74) is 1.81. The second-order valence-electron chi connectivity index (χ2n) is 7.62. The highest BCUT2D eigenvalue weighted by Crippen LogP contribution is 2.16. The summed E-state index contributed by atoms with van der Waals surface area (Å²) in [6, 6.07) is 16.9. The molecule has 8 heteroatoms. The number of amides is 2. The summed E-state index contributed by atoms with van der Waals surface area (Å²) in [4.78, 5) is 28.6. The number of piperazine rings is 1. The first-order chi connectivity index (χ1) is 16.0. The summed E-state index contributed by atoms with van der Waals surface area (Å²) in [6.45, 7) is 4.11. The number of rotatable bonds is 8. The fourth-order valence-electron chi connectivity index (χ4n) is 3.52. The zero-order valence-electron chi connectivity index (χ0n) is 18.6. The van der Waals surface area contributed by atoms with E-state index in [1.54, 1.807) is 31.2 Å². The molecule has 8 nitrogen and oxygen atoms in total. The smallest absolute Gasteiger partial charge is 0.254 e. The topological polar surface area (TPSA) is 102 Å². The maximum atomic E-state index is 12.6. The molecule has 2 atom stereocenters. The molecule has 1 saturated heterocycles. The third-order valence-electron chi connectivity index (χ3n) is 5.39. The third kappa shape index (κ3) is 6.72. The summed E-state index contributed by atoms with van der Waals surface area (Å²) in [5, 5.41) is 23.1. The van der Waals surface area contributed by atoms with Crippen molar-refractivity contribution < 1.29 is 24.5 Å². The van der Waals surface area contributed by atoms with Gasteiger partial charge in [-0.2, -0.15) is 0 Å². The number of para-hydroxylation sites is 1. The van der Waals surface area contributed by atoms with E-state index in [-0.39, 0.29) is 13.2 Å². The minimum atomic E-state index is -1.86. The fraction of sp³-hybridized carbons (Fsp3) is 0.360. The maximum absolute atomic E-state index is 12.6. The summed E-state index contributed by atoms with van der Waals surface area (Å²) in [6.07, 6.45) is -3.68. The summed E-state index contributed by atoms with van der Waals surface area (Å²) in [5.74, 6) is 4.68. The Balaban J connectivity index is 1.47. The molecule has 174 valence electrons. The number of anilines is 1. The molecule has 0 aliphatic carbocycles. The Morgan fingerprint density at radius 1 is 1.03 bits per heavy atom. The van der Waals surface area contributed by atoms with Crippen LogP contribution >= 0.6 is 0 Å². The lowest BCUT2D eigenvalue weighted by molar-refractivity contribution is -0.153. The van der Waals surface area contributed by atoms with Crippen molar-refractivity contribution in [2.75, 3.05) is 37.7 Å². The van der Waals surface area contributed by atoms with Gasteiger partial charge in [-0.1, -0.05) is 36.3 Å². The molecule has 1 heterocycles. The van der Waals surface area contributed by atoms with Gasteiger partial charge in [0.25, 0.3) is 11.8 Å². The van der Waals surface area contributed by atoms with Gasteiger partial charge in [0.2, 0.25) is 0 Å². The molecule has 33 heavy (non-hydrogen) atoms. The van der Waals surface area contributed by atoms with Crippen molar-refractivity contribution in [1.29, 1.82) is 0 Å². The van der Waals surface area contributed by atoms with Gasteiger partial charge in [-0.3, -0.25) is 9.59 Å². The molecule has 1 aliphatic rings. The predicted octanol–water partition coefficient (Wildman–Crippen LogP) is 0.776. The predicted molar refractivity (Wildman–Crippen MR) is 124 cm³/mol. The van der Waals surface area contributed by atoms with Crippen LogP contribution < -0.4 is 15.0 Å². The SMILES string of the molecule is CC#CCOc1cccc(CNC(=O)[C@H](O)[C@@H](O)C(=O)N2CCN(c3ccccc3)CC2)c1. The Labute approximate surface area is 193 Å². The molecule has 1 aliphatic heterocycles. The number of carbonyl (C=O) groups excluding carboxylic acids is 2. The van der Waals surface area contributed by atoms with Gasteiger partial charge in [-0.05, 0) is 36.8 Å². The quantitative estimate of drug-likeness (QED) is 0.513. The van der Waals surface area contributed by atoms with Crippen molar-refractivity contribution in [3.05, 3.63) is 60.2 Å². The number of ether oxygens (including phenoxy) is 1. The molecule has 3 rings (SSSR count). The summed E-state index contributed by atoms with van der Waals surface area (Å²) in [7, 11) is 0. The van der Waals surface area contributed by atoms with Crippen LogP contribution in [-0.4, -0.2) is 71.9 Å². The first-order valence-corrected chi connectivity index (χ1v) is 10.8. The van der Waals surface area contributed by atoms with Crippen LogP contribution in [0.5, 0.6) is 5.75 Å². The lowest BCUT2D eigenvalue weighted by Gasteiger charge is -2.37. The number of carbonyl (C=O) groups is 2. The molecular weight excluding hydrogens is 422 g/mol. The number of aliphatic hydroxyl groups excluding tert-OH is 2. The monoisotopic (exact) mass is 451 g/mol. The molecule has 0 spiro atoms. The van der Waals surface area contributed by atoms with Crippen LogP contribution in [0.4, 0.5) is 5.69 Å². The lowest BCUT2D eigenvalue weighted by Crippen LogP contribution is -2.55. The Bertz CT molecular complexity index is 994. The van der Waals surface area contributed by atoms with Gasteiger partial charge in [0.15, 0.2) is 12.2 Å². The van der Waals surface area contributed by atoms with E-state index in [0.29, 0.717) is 31.9 Å². The molecule has 1 fully saturated rings. The van der Waals surface area contributed by atoms with Gasteiger partial charge >= 0.3 is 0 Å². The standard InChI is InChI=1S/C25H29N3O5/c1-2-3-16-33-21-11-7-8-19(17-21)18-26-24(31)22(29)23(30)25(32)28-14-12-27(13-15-28)20-9-5-4-6-10-20/h4-11,17,22-23,29-30H,12-16,18H2,1H3,(H,26,31)/t22-,23-/m1/s1. The third-order valence-corrected chi connectivity index (χ3v) is 5.39. The minimum absolute atomic E-state index is 0.114. The normalized spacial score (nSPS) is 15.1. The maximum Gasteiger partial charge on any atom is 0.254 e. The molecule has 2 amide bonds. The van der Waals surface area contributed by atoms with Crippen molar-refractivity contribution in [2.24, 2.45) is 0 Å².